The molecule has 0 heterocycles. The quantitative estimate of drug-likeness (QED) is 0.766. The topological polar surface area (TPSA) is 44.4 Å². The molecule has 2 N–H and O–H groups in total. The third-order valence-electron chi connectivity index (χ3n) is 3.99. The molecule has 4 nitrogen and oxygen atoms in total. The maximum absolute atomic E-state index is 11.9. The van der Waals surface area contributed by atoms with Crippen molar-refractivity contribution in [3.63, 3.8) is 0 Å². The molecule has 1 aromatic carbocycles. The lowest BCUT2D eigenvalue weighted by atomic mass is 10.0. The second-order valence-electron chi connectivity index (χ2n) is 6.27. The van der Waals surface area contributed by atoms with E-state index in [4.69, 9.17) is 0 Å². The Hall–Kier alpha value is -1.39. The maximum atomic E-state index is 11.9. The van der Waals surface area contributed by atoms with E-state index in [0.717, 1.165) is 12.5 Å². The van der Waals surface area contributed by atoms with Gasteiger partial charge in [-0.1, -0.05) is 29.8 Å². The SMILES string of the molecule is Cc1ccc(C(CNC(=O)CNCC2CC2)N(C)C)cc1. The van der Waals surface area contributed by atoms with Crippen molar-refractivity contribution in [2.45, 2.75) is 25.8 Å². The average Bonchev–Trinajstić information content (AvgIpc) is 3.25. The number of aryl methyl sites for hydroxylation is 1. The van der Waals surface area contributed by atoms with Crippen molar-refractivity contribution in [3.8, 4) is 0 Å². The van der Waals surface area contributed by atoms with E-state index in [9.17, 15) is 4.79 Å². The number of hydrogen-bond donors (Lipinski definition) is 2. The van der Waals surface area contributed by atoms with E-state index in [-0.39, 0.29) is 11.9 Å². The van der Waals surface area contributed by atoms with Crippen LogP contribution in [0.2, 0.25) is 0 Å². The Morgan fingerprint density at radius 3 is 2.52 bits per heavy atom. The molecule has 1 unspecified atom stereocenters. The molecular weight excluding hydrogens is 262 g/mol. The molecule has 2 rings (SSSR count). The van der Waals surface area contributed by atoms with Crippen LogP contribution in [0, 0.1) is 12.8 Å². The Balaban J connectivity index is 1.78. The number of rotatable bonds is 8. The van der Waals surface area contributed by atoms with Crippen LogP contribution in [0.1, 0.15) is 30.0 Å². The highest BCUT2D eigenvalue weighted by atomic mass is 16.1. The van der Waals surface area contributed by atoms with Gasteiger partial charge in [-0.2, -0.15) is 0 Å². The van der Waals surface area contributed by atoms with Gasteiger partial charge in [0, 0.05) is 6.54 Å². The Kier molecular flexibility index (Phi) is 5.76. The Bertz CT molecular complexity index is 452. The van der Waals surface area contributed by atoms with Crippen LogP contribution >= 0.6 is 0 Å². The summed E-state index contributed by atoms with van der Waals surface area (Å²) in [5.74, 6) is 0.884. The summed E-state index contributed by atoms with van der Waals surface area (Å²) in [7, 11) is 4.09. The lowest BCUT2D eigenvalue weighted by Gasteiger charge is -2.25. The highest BCUT2D eigenvalue weighted by Crippen LogP contribution is 2.27. The summed E-state index contributed by atoms with van der Waals surface area (Å²) < 4.78 is 0. The molecule has 0 bridgehead atoms. The molecule has 1 aliphatic carbocycles. The minimum Gasteiger partial charge on any atom is -0.353 e. The van der Waals surface area contributed by atoms with Gasteiger partial charge in [-0.05, 0) is 51.9 Å². The molecule has 1 atom stereocenters. The zero-order valence-corrected chi connectivity index (χ0v) is 13.4. The zero-order valence-electron chi connectivity index (χ0n) is 13.4. The first kappa shape index (κ1) is 16.0. The largest absolute Gasteiger partial charge is 0.353 e. The minimum absolute atomic E-state index is 0.0783. The van der Waals surface area contributed by atoms with Crippen molar-refractivity contribution >= 4 is 5.91 Å². The van der Waals surface area contributed by atoms with E-state index in [1.54, 1.807) is 0 Å². The molecule has 0 radical (unpaired) electrons. The number of carbonyl (C=O) groups excluding carboxylic acids is 1. The van der Waals surface area contributed by atoms with Gasteiger partial charge in [0.05, 0.1) is 12.6 Å². The van der Waals surface area contributed by atoms with Crippen LogP contribution in [0.4, 0.5) is 0 Å². The van der Waals surface area contributed by atoms with Crippen LogP contribution in [0.3, 0.4) is 0 Å². The number of hydrogen-bond acceptors (Lipinski definition) is 3. The second kappa shape index (κ2) is 7.57. The molecule has 1 aromatic rings. The number of nitrogens with zero attached hydrogens (tertiary/aromatic N) is 1. The van der Waals surface area contributed by atoms with Gasteiger partial charge in [0.1, 0.15) is 0 Å². The number of benzene rings is 1. The van der Waals surface area contributed by atoms with Gasteiger partial charge >= 0.3 is 0 Å². The van der Waals surface area contributed by atoms with Gasteiger partial charge in [-0.25, -0.2) is 0 Å². The van der Waals surface area contributed by atoms with E-state index in [2.05, 4.69) is 46.7 Å². The van der Waals surface area contributed by atoms with Gasteiger partial charge < -0.3 is 15.5 Å². The second-order valence-corrected chi connectivity index (χ2v) is 6.27. The molecular formula is C17H27N3O. The van der Waals surface area contributed by atoms with E-state index in [1.165, 1.54) is 24.0 Å². The van der Waals surface area contributed by atoms with Crippen LogP contribution in [-0.2, 0) is 4.79 Å². The molecule has 0 aliphatic heterocycles. The summed E-state index contributed by atoms with van der Waals surface area (Å²) in [6.45, 7) is 4.12. The number of likely N-dealkylation sites (N-methyl/N-ethyl adjacent to an activating group) is 1. The summed E-state index contributed by atoms with van der Waals surface area (Å²) >= 11 is 0. The van der Waals surface area contributed by atoms with Crippen molar-refractivity contribution in [1.29, 1.82) is 0 Å². The van der Waals surface area contributed by atoms with Crippen molar-refractivity contribution in [1.82, 2.24) is 15.5 Å². The van der Waals surface area contributed by atoms with E-state index < -0.39 is 0 Å². The van der Waals surface area contributed by atoms with Crippen LogP contribution in [-0.4, -0.2) is 44.5 Å². The first-order chi connectivity index (χ1) is 10.1. The standard InChI is InChI=1S/C17H27N3O/c1-13-4-8-15(9-5-13)16(20(2)3)11-19-17(21)12-18-10-14-6-7-14/h4-5,8-9,14,16,18H,6-7,10-12H2,1-3H3,(H,19,21). The Morgan fingerprint density at radius 2 is 1.95 bits per heavy atom. The normalized spacial score (nSPS) is 16.0. The molecule has 116 valence electrons. The monoisotopic (exact) mass is 289 g/mol. The van der Waals surface area contributed by atoms with Crippen molar-refractivity contribution in [2.24, 2.45) is 5.92 Å². The summed E-state index contributed by atoms with van der Waals surface area (Å²) in [6.07, 6.45) is 2.62. The lowest BCUT2D eigenvalue weighted by molar-refractivity contribution is -0.120. The fourth-order valence-electron chi connectivity index (χ4n) is 2.37. The maximum Gasteiger partial charge on any atom is 0.234 e. The van der Waals surface area contributed by atoms with E-state index in [1.807, 2.05) is 14.1 Å². The molecule has 1 fully saturated rings. The van der Waals surface area contributed by atoms with Crippen LogP contribution in [0.5, 0.6) is 0 Å². The molecule has 0 aromatic heterocycles. The number of nitrogens with one attached hydrogen (secondary N) is 2. The first-order valence-electron chi connectivity index (χ1n) is 7.76. The molecule has 4 heteroatoms. The first-order valence-corrected chi connectivity index (χ1v) is 7.76. The highest BCUT2D eigenvalue weighted by molar-refractivity contribution is 5.78. The summed E-state index contributed by atoms with van der Waals surface area (Å²) in [5.41, 5.74) is 2.49. The van der Waals surface area contributed by atoms with E-state index in [0.29, 0.717) is 13.1 Å². The number of carbonyl (C=O) groups is 1. The van der Waals surface area contributed by atoms with Gasteiger partial charge in [0.15, 0.2) is 0 Å². The third-order valence-corrected chi connectivity index (χ3v) is 3.99. The lowest BCUT2D eigenvalue weighted by Crippen LogP contribution is -2.39. The molecule has 21 heavy (non-hydrogen) atoms. The smallest absolute Gasteiger partial charge is 0.234 e. The minimum atomic E-state index is 0.0783. The van der Waals surface area contributed by atoms with Crippen LogP contribution < -0.4 is 10.6 Å². The van der Waals surface area contributed by atoms with Crippen molar-refractivity contribution in [3.05, 3.63) is 35.4 Å². The van der Waals surface area contributed by atoms with Gasteiger partial charge in [-0.15, -0.1) is 0 Å². The van der Waals surface area contributed by atoms with Gasteiger partial charge in [-0.3, -0.25) is 4.79 Å². The molecule has 1 amide bonds. The van der Waals surface area contributed by atoms with Crippen LogP contribution in [0.25, 0.3) is 0 Å². The number of amides is 1. The summed E-state index contributed by atoms with van der Waals surface area (Å²) in [6, 6.07) is 8.71. The summed E-state index contributed by atoms with van der Waals surface area (Å²) in [5, 5.41) is 6.25. The molecule has 0 saturated heterocycles. The van der Waals surface area contributed by atoms with Gasteiger partial charge in [0.2, 0.25) is 5.91 Å². The van der Waals surface area contributed by atoms with Crippen LogP contribution in [0.15, 0.2) is 24.3 Å². The Labute approximate surface area is 127 Å². The predicted molar refractivity (Wildman–Crippen MR) is 86.2 cm³/mol. The van der Waals surface area contributed by atoms with Gasteiger partial charge in [0.25, 0.3) is 0 Å². The molecule has 1 aliphatic rings. The highest BCUT2D eigenvalue weighted by Gasteiger charge is 2.20. The molecule has 1 saturated carbocycles. The van der Waals surface area contributed by atoms with Crippen molar-refractivity contribution in [2.75, 3.05) is 33.7 Å². The predicted octanol–water partition coefficient (Wildman–Crippen LogP) is 1.71. The van der Waals surface area contributed by atoms with Crippen molar-refractivity contribution < 1.29 is 4.79 Å². The zero-order chi connectivity index (χ0) is 15.2. The third kappa shape index (κ3) is 5.48. The summed E-state index contributed by atoms with van der Waals surface area (Å²) in [4.78, 5) is 14.0. The fourth-order valence-corrected chi connectivity index (χ4v) is 2.37. The molecule has 0 spiro atoms. The van der Waals surface area contributed by atoms with E-state index >= 15 is 0 Å². The fraction of sp³-hybridized carbons (Fsp3) is 0.588. The average molecular weight is 289 g/mol. The Morgan fingerprint density at radius 1 is 1.29 bits per heavy atom.